The van der Waals surface area contributed by atoms with E-state index in [1.807, 2.05) is 60.7 Å². The van der Waals surface area contributed by atoms with E-state index < -0.39 is 0 Å². The zero-order valence-electron chi connectivity index (χ0n) is 17.6. The van der Waals surface area contributed by atoms with E-state index in [9.17, 15) is 0 Å². The van der Waals surface area contributed by atoms with Gasteiger partial charge in [0.05, 0.1) is 11.6 Å². The lowest BCUT2D eigenvalue weighted by Gasteiger charge is -2.13. The third-order valence-corrected chi connectivity index (χ3v) is 5.30. The molecule has 0 aromatic heterocycles. The van der Waals surface area contributed by atoms with Crippen LogP contribution in [0.25, 0.3) is 10.6 Å². The van der Waals surface area contributed by atoms with Crippen molar-refractivity contribution in [1.29, 1.82) is 0 Å². The van der Waals surface area contributed by atoms with Gasteiger partial charge in [-0.05, 0) is 61.2 Å². The molecule has 0 radical (unpaired) electrons. The van der Waals surface area contributed by atoms with Crippen molar-refractivity contribution in [3.05, 3.63) is 102 Å². The van der Waals surface area contributed by atoms with Crippen molar-refractivity contribution < 1.29 is 4.74 Å². The average Bonchev–Trinajstić information content (AvgIpc) is 2.81. The normalized spacial score (nSPS) is 11.8. The van der Waals surface area contributed by atoms with Gasteiger partial charge in [0.2, 0.25) is 0 Å². The molecule has 3 aromatic rings. The first kappa shape index (κ1) is 22.1. The van der Waals surface area contributed by atoms with Crippen LogP contribution in [0, 0.1) is 0 Å². The van der Waals surface area contributed by atoms with Crippen LogP contribution in [0.15, 0.2) is 84.9 Å². The Kier molecular flexibility index (Phi) is 9.02. The molecule has 3 aromatic carbocycles. The molecule has 3 heteroatoms. The second-order valence-corrected chi connectivity index (χ2v) is 7.63. The monoisotopic (exact) mass is 419 g/mol. The second kappa shape index (κ2) is 12.2. The fraction of sp³-hybridized carbons (Fsp3) is 0.259. The molecule has 2 nitrogen and oxygen atoms in total. The average molecular weight is 420 g/mol. The minimum Gasteiger partial charge on any atom is -0.494 e. The number of unbranched alkanes of at least 4 members (excludes halogenated alkanes) is 1. The maximum atomic E-state index is 6.88. The van der Waals surface area contributed by atoms with Crippen LogP contribution >= 0.6 is 11.6 Å². The highest BCUT2D eigenvalue weighted by molar-refractivity contribution is 6.53. The number of hydrogen-bond acceptors (Lipinski definition) is 2. The summed E-state index contributed by atoms with van der Waals surface area (Å²) in [6.07, 6.45) is 3.36. The Morgan fingerprint density at radius 2 is 1.33 bits per heavy atom. The fourth-order valence-corrected chi connectivity index (χ4v) is 3.66. The summed E-state index contributed by atoms with van der Waals surface area (Å²) in [7, 11) is 0. The molecule has 0 bridgehead atoms. The Balaban J connectivity index is 1.72. The van der Waals surface area contributed by atoms with Gasteiger partial charge in [0, 0.05) is 5.57 Å². The first-order chi connectivity index (χ1) is 14.8. The Morgan fingerprint density at radius 3 is 1.97 bits per heavy atom. The zero-order chi connectivity index (χ0) is 21.0. The maximum absolute atomic E-state index is 6.88. The predicted octanol–water partition coefficient (Wildman–Crippen LogP) is 7.00. The number of hydrogen-bond donors (Lipinski definition) is 1. The van der Waals surface area contributed by atoms with Crippen LogP contribution in [0.1, 0.15) is 42.9 Å². The van der Waals surface area contributed by atoms with Crippen molar-refractivity contribution in [2.75, 3.05) is 19.7 Å². The Labute approximate surface area is 185 Å². The van der Waals surface area contributed by atoms with Crippen LogP contribution in [-0.4, -0.2) is 19.7 Å². The maximum Gasteiger partial charge on any atom is 0.119 e. The standard InChI is InChI=1S/C27H30ClNO/c1-2-19-29-20-9-10-21-30-25-17-15-23(16-18-25)26(22-11-5-3-6-12-22)27(28)24-13-7-4-8-14-24/h3-8,11-18,29H,2,9-10,19-21H2,1H3/b27-26+. The lowest BCUT2D eigenvalue weighted by Crippen LogP contribution is -2.16. The van der Waals surface area contributed by atoms with Gasteiger partial charge in [-0.3, -0.25) is 0 Å². The van der Waals surface area contributed by atoms with E-state index in [4.69, 9.17) is 16.3 Å². The largest absolute Gasteiger partial charge is 0.494 e. The second-order valence-electron chi connectivity index (χ2n) is 7.25. The minimum atomic E-state index is 0.735. The van der Waals surface area contributed by atoms with Crippen LogP contribution < -0.4 is 10.1 Å². The molecule has 0 heterocycles. The fourth-order valence-electron chi connectivity index (χ4n) is 3.32. The summed E-state index contributed by atoms with van der Waals surface area (Å²) in [6, 6.07) is 28.6. The van der Waals surface area contributed by atoms with Gasteiger partial charge in [0.25, 0.3) is 0 Å². The highest BCUT2D eigenvalue weighted by Crippen LogP contribution is 2.35. The molecule has 30 heavy (non-hydrogen) atoms. The highest BCUT2D eigenvalue weighted by atomic mass is 35.5. The predicted molar refractivity (Wildman–Crippen MR) is 129 cm³/mol. The van der Waals surface area contributed by atoms with Gasteiger partial charge in [-0.15, -0.1) is 0 Å². The van der Waals surface area contributed by atoms with E-state index in [0.29, 0.717) is 0 Å². The lowest BCUT2D eigenvalue weighted by molar-refractivity contribution is 0.306. The van der Waals surface area contributed by atoms with Gasteiger partial charge in [-0.2, -0.15) is 0 Å². The third kappa shape index (κ3) is 6.48. The summed E-state index contributed by atoms with van der Waals surface area (Å²) < 4.78 is 5.92. The molecule has 0 unspecified atom stereocenters. The van der Waals surface area contributed by atoms with Crippen LogP contribution in [0.3, 0.4) is 0 Å². The van der Waals surface area contributed by atoms with E-state index >= 15 is 0 Å². The van der Waals surface area contributed by atoms with Crippen molar-refractivity contribution in [2.45, 2.75) is 26.2 Å². The molecule has 0 spiro atoms. The number of ether oxygens (including phenoxy) is 1. The number of rotatable bonds is 11. The van der Waals surface area contributed by atoms with Crippen LogP contribution in [-0.2, 0) is 0 Å². The molecular formula is C27H30ClNO. The Bertz CT molecular complexity index is 905. The molecule has 156 valence electrons. The Morgan fingerprint density at radius 1 is 0.733 bits per heavy atom. The smallest absolute Gasteiger partial charge is 0.119 e. The van der Waals surface area contributed by atoms with Crippen molar-refractivity contribution in [3.63, 3.8) is 0 Å². The highest BCUT2D eigenvalue weighted by Gasteiger charge is 2.12. The first-order valence-electron chi connectivity index (χ1n) is 10.7. The van der Waals surface area contributed by atoms with E-state index in [1.54, 1.807) is 0 Å². The summed E-state index contributed by atoms with van der Waals surface area (Å²) in [6.45, 7) is 5.06. The van der Waals surface area contributed by atoms with Crippen molar-refractivity contribution in [2.24, 2.45) is 0 Å². The van der Waals surface area contributed by atoms with Crippen molar-refractivity contribution >= 4 is 22.2 Å². The van der Waals surface area contributed by atoms with Gasteiger partial charge >= 0.3 is 0 Å². The molecule has 0 amide bonds. The van der Waals surface area contributed by atoms with Crippen molar-refractivity contribution in [1.82, 2.24) is 5.32 Å². The number of benzene rings is 3. The number of nitrogens with one attached hydrogen (secondary N) is 1. The molecule has 3 rings (SSSR count). The minimum absolute atomic E-state index is 0.735. The number of halogens is 1. The molecule has 0 atom stereocenters. The SMILES string of the molecule is CCCNCCCCOc1ccc(/C(=C(/Cl)c2ccccc2)c2ccccc2)cc1. The zero-order valence-corrected chi connectivity index (χ0v) is 18.4. The first-order valence-corrected chi connectivity index (χ1v) is 11.1. The van der Waals surface area contributed by atoms with Gasteiger partial charge < -0.3 is 10.1 Å². The Hall–Kier alpha value is -2.55. The van der Waals surface area contributed by atoms with Gasteiger partial charge in [-0.25, -0.2) is 0 Å². The molecule has 0 fully saturated rings. The van der Waals surface area contributed by atoms with Gasteiger partial charge in [0.1, 0.15) is 5.75 Å². The molecule has 0 saturated heterocycles. The quantitative estimate of drug-likeness (QED) is 0.267. The molecule has 0 aliphatic carbocycles. The van der Waals surface area contributed by atoms with E-state index in [2.05, 4.69) is 36.5 Å². The molecular weight excluding hydrogens is 390 g/mol. The molecule has 1 N–H and O–H groups in total. The summed E-state index contributed by atoms with van der Waals surface area (Å²) in [5, 5.41) is 4.17. The van der Waals surface area contributed by atoms with E-state index in [1.165, 1.54) is 6.42 Å². The van der Waals surface area contributed by atoms with Gasteiger partial charge in [0.15, 0.2) is 0 Å². The third-order valence-electron chi connectivity index (χ3n) is 4.90. The molecule has 0 saturated carbocycles. The molecule has 0 aliphatic rings. The lowest BCUT2D eigenvalue weighted by atomic mass is 9.95. The molecule has 0 aliphatic heterocycles. The summed E-state index contributed by atoms with van der Waals surface area (Å²) in [5.74, 6) is 0.892. The van der Waals surface area contributed by atoms with E-state index in [-0.39, 0.29) is 0 Å². The van der Waals surface area contributed by atoms with Crippen LogP contribution in [0.2, 0.25) is 0 Å². The van der Waals surface area contributed by atoms with Crippen LogP contribution in [0.5, 0.6) is 5.75 Å². The summed E-state index contributed by atoms with van der Waals surface area (Å²) >= 11 is 6.88. The summed E-state index contributed by atoms with van der Waals surface area (Å²) in [4.78, 5) is 0. The van der Waals surface area contributed by atoms with E-state index in [0.717, 1.165) is 65.6 Å². The summed E-state index contributed by atoms with van der Waals surface area (Å²) in [5.41, 5.74) is 4.21. The van der Waals surface area contributed by atoms with Crippen molar-refractivity contribution in [3.8, 4) is 5.75 Å². The van der Waals surface area contributed by atoms with Crippen LogP contribution in [0.4, 0.5) is 0 Å². The topological polar surface area (TPSA) is 21.3 Å². The van der Waals surface area contributed by atoms with Gasteiger partial charge in [-0.1, -0.05) is 91.3 Å².